The summed E-state index contributed by atoms with van der Waals surface area (Å²) in [6, 6.07) is 6.85. The van der Waals surface area contributed by atoms with E-state index in [1.54, 1.807) is 24.3 Å². The van der Waals surface area contributed by atoms with Gasteiger partial charge in [-0.15, -0.1) is 0 Å². The lowest BCUT2D eigenvalue weighted by Crippen LogP contribution is -2.02. The van der Waals surface area contributed by atoms with Crippen LogP contribution < -0.4 is 0 Å². The number of hydrogen-bond acceptors (Lipinski definition) is 4. The minimum absolute atomic E-state index is 0.263. The molecule has 0 saturated heterocycles. The number of sulfone groups is 1. The van der Waals surface area contributed by atoms with Crippen LogP contribution in [0.4, 0.5) is 0 Å². The number of methoxy groups -OCH3 is 1. The average molecular weight is 338 g/mol. The second-order valence-electron chi connectivity index (χ2n) is 5.67. The van der Waals surface area contributed by atoms with Gasteiger partial charge in [-0.05, 0) is 44.7 Å². The zero-order valence-corrected chi connectivity index (χ0v) is 15.0. The molecule has 23 heavy (non-hydrogen) atoms. The van der Waals surface area contributed by atoms with E-state index in [9.17, 15) is 13.2 Å². The molecule has 0 N–H and O–H groups in total. The van der Waals surface area contributed by atoms with Crippen LogP contribution in [-0.2, 0) is 19.4 Å². The van der Waals surface area contributed by atoms with Crippen molar-refractivity contribution in [1.29, 1.82) is 0 Å². The zero-order valence-electron chi connectivity index (χ0n) is 14.2. The summed E-state index contributed by atoms with van der Waals surface area (Å²) >= 11 is 0. The number of rotatable bonds is 9. The van der Waals surface area contributed by atoms with Crippen LogP contribution in [0.25, 0.3) is 0 Å². The number of ether oxygens (including phenoxy) is 1. The zero-order chi connectivity index (χ0) is 17.3. The predicted octanol–water partition coefficient (Wildman–Crippen LogP) is 4.19. The third-order valence-corrected chi connectivity index (χ3v) is 5.20. The molecule has 0 radical (unpaired) electrons. The second kappa shape index (κ2) is 9.50. The number of benzene rings is 1. The van der Waals surface area contributed by atoms with Gasteiger partial charge in [0.25, 0.3) is 0 Å². The van der Waals surface area contributed by atoms with Gasteiger partial charge in [0, 0.05) is 11.8 Å². The van der Waals surface area contributed by atoms with E-state index in [0.29, 0.717) is 24.2 Å². The standard InChI is InChI=1S/C18H26O4S/c1-4-5-7-16(8-6-9-18(19)22-3)14-23(20,21)17-12-10-15(2)11-13-17/h10-14H,4-9H2,1-3H3/b16-14+. The molecule has 0 aromatic heterocycles. The lowest BCUT2D eigenvalue weighted by Gasteiger charge is -2.08. The first-order valence-electron chi connectivity index (χ1n) is 7.97. The van der Waals surface area contributed by atoms with E-state index in [1.807, 2.05) is 6.92 Å². The highest BCUT2D eigenvalue weighted by atomic mass is 32.2. The van der Waals surface area contributed by atoms with Gasteiger partial charge in [-0.3, -0.25) is 4.79 Å². The third-order valence-electron chi connectivity index (χ3n) is 3.63. The number of unbranched alkanes of at least 4 members (excludes halogenated alkanes) is 1. The van der Waals surface area contributed by atoms with Gasteiger partial charge in [0.15, 0.2) is 9.84 Å². The summed E-state index contributed by atoms with van der Waals surface area (Å²) in [7, 11) is -2.08. The Morgan fingerprint density at radius 1 is 1.09 bits per heavy atom. The quantitative estimate of drug-likeness (QED) is 0.634. The van der Waals surface area contributed by atoms with Crippen LogP contribution >= 0.6 is 0 Å². The fraction of sp³-hybridized carbons (Fsp3) is 0.500. The van der Waals surface area contributed by atoms with Crippen molar-refractivity contribution in [2.24, 2.45) is 0 Å². The van der Waals surface area contributed by atoms with E-state index in [1.165, 1.54) is 12.5 Å². The van der Waals surface area contributed by atoms with Crippen molar-refractivity contribution < 1.29 is 17.9 Å². The summed E-state index contributed by atoms with van der Waals surface area (Å²) in [5.41, 5.74) is 1.90. The molecular formula is C18H26O4S. The van der Waals surface area contributed by atoms with E-state index in [-0.39, 0.29) is 5.97 Å². The molecule has 0 aliphatic heterocycles. The van der Waals surface area contributed by atoms with Gasteiger partial charge < -0.3 is 4.74 Å². The summed E-state index contributed by atoms with van der Waals surface area (Å²) in [5.74, 6) is -0.263. The maximum atomic E-state index is 12.5. The second-order valence-corrected chi connectivity index (χ2v) is 7.46. The number of allylic oxidation sites excluding steroid dienone is 1. The highest BCUT2D eigenvalue weighted by Gasteiger charge is 2.13. The van der Waals surface area contributed by atoms with E-state index < -0.39 is 9.84 Å². The van der Waals surface area contributed by atoms with Crippen molar-refractivity contribution in [3.05, 3.63) is 40.8 Å². The normalized spacial score (nSPS) is 12.2. The number of aryl methyl sites for hydroxylation is 1. The van der Waals surface area contributed by atoms with Crippen molar-refractivity contribution in [2.75, 3.05) is 7.11 Å². The Labute approximate surface area is 139 Å². The fourth-order valence-corrected chi connectivity index (χ4v) is 3.55. The molecular weight excluding hydrogens is 312 g/mol. The molecule has 0 bridgehead atoms. The van der Waals surface area contributed by atoms with E-state index in [4.69, 9.17) is 0 Å². The molecule has 0 aliphatic rings. The van der Waals surface area contributed by atoms with Crippen molar-refractivity contribution in [3.8, 4) is 0 Å². The molecule has 0 atom stereocenters. The highest BCUT2D eigenvalue weighted by molar-refractivity contribution is 7.94. The molecule has 128 valence electrons. The van der Waals surface area contributed by atoms with Gasteiger partial charge in [-0.25, -0.2) is 8.42 Å². The molecule has 5 heteroatoms. The van der Waals surface area contributed by atoms with Crippen LogP contribution in [0.5, 0.6) is 0 Å². The van der Waals surface area contributed by atoms with Crippen LogP contribution in [0.2, 0.25) is 0 Å². The molecule has 1 rings (SSSR count). The first-order chi connectivity index (χ1) is 10.9. The topological polar surface area (TPSA) is 60.4 Å². The van der Waals surface area contributed by atoms with Gasteiger partial charge >= 0.3 is 5.97 Å². The van der Waals surface area contributed by atoms with Crippen LogP contribution in [0.15, 0.2) is 40.1 Å². The molecule has 0 fully saturated rings. The summed E-state index contributed by atoms with van der Waals surface area (Å²) in [5, 5.41) is 1.38. The Morgan fingerprint density at radius 2 is 1.70 bits per heavy atom. The third kappa shape index (κ3) is 6.99. The number of esters is 1. The SMILES string of the molecule is CCCC/C(=C\S(=O)(=O)c1ccc(C)cc1)CCCC(=O)OC. The molecule has 0 aliphatic carbocycles. The van der Waals surface area contributed by atoms with Crippen molar-refractivity contribution in [1.82, 2.24) is 0 Å². The minimum Gasteiger partial charge on any atom is -0.469 e. The smallest absolute Gasteiger partial charge is 0.305 e. The molecule has 0 unspecified atom stereocenters. The Bertz CT molecular complexity index is 627. The Balaban J connectivity index is 2.88. The predicted molar refractivity (Wildman–Crippen MR) is 91.8 cm³/mol. The van der Waals surface area contributed by atoms with Crippen molar-refractivity contribution in [2.45, 2.75) is 57.3 Å². The van der Waals surface area contributed by atoms with Crippen LogP contribution in [0, 0.1) is 6.92 Å². The van der Waals surface area contributed by atoms with Gasteiger partial charge in [0.05, 0.1) is 12.0 Å². The maximum Gasteiger partial charge on any atom is 0.305 e. The molecule has 1 aromatic rings. The molecule has 4 nitrogen and oxygen atoms in total. The first-order valence-corrected chi connectivity index (χ1v) is 9.51. The largest absolute Gasteiger partial charge is 0.469 e. The lowest BCUT2D eigenvalue weighted by molar-refractivity contribution is -0.140. The molecule has 0 saturated carbocycles. The molecule has 0 spiro atoms. The number of hydrogen-bond donors (Lipinski definition) is 0. The van der Waals surface area contributed by atoms with E-state index in [0.717, 1.165) is 30.4 Å². The maximum absolute atomic E-state index is 12.5. The first kappa shape index (κ1) is 19.4. The van der Waals surface area contributed by atoms with Crippen molar-refractivity contribution >= 4 is 15.8 Å². The van der Waals surface area contributed by atoms with Gasteiger partial charge in [0.2, 0.25) is 0 Å². The summed E-state index contributed by atoms with van der Waals surface area (Å²) in [4.78, 5) is 11.5. The van der Waals surface area contributed by atoms with Crippen LogP contribution in [-0.4, -0.2) is 21.5 Å². The summed E-state index contributed by atoms with van der Waals surface area (Å²) < 4.78 is 29.6. The Kier molecular flexibility index (Phi) is 8.03. The van der Waals surface area contributed by atoms with E-state index >= 15 is 0 Å². The molecule has 1 aromatic carbocycles. The number of carbonyl (C=O) groups excluding carboxylic acids is 1. The van der Waals surface area contributed by atoms with Gasteiger partial charge in [0.1, 0.15) is 0 Å². The highest BCUT2D eigenvalue weighted by Crippen LogP contribution is 2.21. The average Bonchev–Trinajstić information content (AvgIpc) is 2.52. The fourth-order valence-electron chi connectivity index (χ4n) is 2.22. The monoisotopic (exact) mass is 338 g/mol. The number of carbonyl (C=O) groups is 1. The van der Waals surface area contributed by atoms with Gasteiger partial charge in [-0.2, -0.15) is 0 Å². The van der Waals surface area contributed by atoms with Crippen LogP contribution in [0.3, 0.4) is 0 Å². The van der Waals surface area contributed by atoms with Crippen LogP contribution in [0.1, 0.15) is 51.0 Å². The van der Waals surface area contributed by atoms with Gasteiger partial charge in [-0.1, -0.05) is 36.6 Å². The molecule has 0 amide bonds. The minimum atomic E-state index is -3.44. The lowest BCUT2D eigenvalue weighted by atomic mass is 10.0. The molecule has 0 heterocycles. The Hall–Kier alpha value is -1.62. The van der Waals surface area contributed by atoms with Crippen molar-refractivity contribution in [3.63, 3.8) is 0 Å². The summed E-state index contributed by atoms with van der Waals surface area (Å²) in [6.45, 7) is 3.99. The van der Waals surface area contributed by atoms with E-state index in [2.05, 4.69) is 11.7 Å². The summed E-state index contributed by atoms with van der Waals surface area (Å²) in [6.07, 6.45) is 4.19. The Morgan fingerprint density at radius 3 is 2.26 bits per heavy atom.